The molecule has 4 aromatic carbocycles. The first kappa shape index (κ1) is 32.6. The molecule has 10 heteroatoms. The van der Waals surface area contributed by atoms with E-state index in [4.69, 9.17) is 4.74 Å². The number of anilines is 3. The second kappa shape index (κ2) is 14.9. The summed E-state index contributed by atoms with van der Waals surface area (Å²) in [7, 11) is 1.39. The van der Waals surface area contributed by atoms with Gasteiger partial charge in [0.25, 0.3) is 0 Å². The molecule has 4 aromatic rings. The number of nitrogens with one attached hydrogen (secondary N) is 1. The first-order valence-electron chi connectivity index (χ1n) is 14.1. The Labute approximate surface area is 271 Å². The summed E-state index contributed by atoms with van der Waals surface area (Å²) in [4.78, 5) is 40.6. The molecule has 0 radical (unpaired) electrons. The van der Waals surface area contributed by atoms with Crippen LogP contribution in [0.3, 0.4) is 0 Å². The Morgan fingerprint density at radius 3 is 2.18 bits per heavy atom. The summed E-state index contributed by atoms with van der Waals surface area (Å²) in [5, 5.41) is 11.3. The molecule has 44 heavy (non-hydrogen) atoms. The van der Waals surface area contributed by atoms with Crippen molar-refractivity contribution >= 4 is 63.1 Å². The first-order valence-corrected chi connectivity index (χ1v) is 14.9. The lowest BCUT2D eigenvalue weighted by atomic mass is 10.0. The number of amides is 1. The molecule has 0 unspecified atom stereocenters. The quantitative estimate of drug-likeness (QED) is 0.135. The zero-order valence-electron chi connectivity index (χ0n) is 24.2. The van der Waals surface area contributed by atoms with Gasteiger partial charge >= 0.3 is 5.97 Å². The number of hydrogen-bond acceptors (Lipinski definition) is 6. The summed E-state index contributed by atoms with van der Waals surface area (Å²) in [6.45, 7) is 1.85. The van der Waals surface area contributed by atoms with E-state index < -0.39 is 5.97 Å². The second-order valence-electron chi connectivity index (χ2n) is 10.3. The van der Waals surface area contributed by atoms with E-state index in [-0.39, 0.29) is 41.8 Å². The van der Waals surface area contributed by atoms with Crippen LogP contribution in [0.25, 0.3) is 0 Å². The first-order chi connectivity index (χ1) is 20.9. The van der Waals surface area contributed by atoms with Gasteiger partial charge in [-0.25, -0.2) is 4.79 Å². The number of rotatable bonds is 10. The third-order valence-electron chi connectivity index (χ3n) is 7.43. The molecule has 8 nitrogen and oxygen atoms in total. The van der Waals surface area contributed by atoms with E-state index in [2.05, 4.69) is 32.3 Å². The normalized spacial score (nSPS) is 12.5. The van der Waals surface area contributed by atoms with Crippen LogP contribution in [0, 0.1) is 0 Å². The van der Waals surface area contributed by atoms with Crippen molar-refractivity contribution in [3.63, 3.8) is 0 Å². The van der Waals surface area contributed by atoms with Crippen molar-refractivity contribution in [2.24, 2.45) is 0 Å². The third kappa shape index (κ3) is 7.41. The highest BCUT2D eigenvalue weighted by Gasteiger charge is 2.23. The van der Waals surface area contributed by atoms with Crippen molar-refractivity contribution in [2.75, 3.05) is 30.1 Å². The summed E-state index contributed by atoms with van der Waals surface area (Å²) in [5.74, 6) is -1.35. The number of hydrazine groups is 1. The number of ketones is 1. The summed E-state index contributed by atoms with van der Waals surface area (Å²) >= 11 is 3.42. The van der Waals surface area contributed by atoms with Crippen LogP contribution < -0.4 is 20.1 Å². The Kier molecular flexibility index (Phi) is 11.0. The Hall–Kier alpha value is -4.34. The van der Waals surface area contributed by atoms with Gasteiger partial charge in [0, 0.05) is 28.7 Å². The molecule has 1 amide bonds. The molecule has 0 bridgehead atoms. The van der Waals surface area contributed by atoms with Crippen molar-refractivity contribution in [1.29, 1.82) is 0 Å². The topological polar surface area (TPSA) is 99.2 Å². The molecule has 1 saturated heterocycles. The van der Waals surface area contributed by atoms with E-state index in [1.165, 1.54) is 19.6 Å². The number of benzene rings is 4. The molecular formula is C34H33BrClN3O5. The molecule has 0 spiro atoms. The molecule has 228 valence electrons. The van der Waals surface area contributed by atoms with Crippen molar-refractivity contribution in [3.8, 4) is 5.75 Å². The highest BCUT2D eigenvalue weighted by atomic mass is 79.9. The summed E-state index contributed by atoms with van der Waals surface area (Å²) in [6.07, 6.45) is 3.34. The fourth-order valence-corrected chi connectivity index (χ4v) is 5.73. The summed E-state index contributed by atoms with van der Waals surface area (Å²) in [6, 6.07) is 27.2. The number of methoxy groups -OCH3 is 1. The Morgan fingerprint density at radius 1 is 0.886 bits per heavy atom. The number of ether oxygens (including phenoxy) is 1. The number of nitrogens with zero attached hydrogens (tertiary/aromatic N) is 2. The average Bonchev–Trinajstić information content (AvgIpc) is 3.05. The molecular weight excluding hydrogens is 646 g/mol. The van der Waals surface area contributed by atoms with Gasteiger partial charge in [0.1, 0.15) is 11.3 Å². The molecule has 0 atom stereocenters. The van der Waals surface area contributed by atoms with Gasteiger partial charge in [-0.3, -0.25) is 20.0 Å². The predicted molar refractivity (Wildman–Crippen MR) is 178 cm³/mol. The van der Waals surface area contributed by atoms with Gasteiger partial charge in [0.2, 0.25) is 5.91 Å². The number of piperidine rings is 1. The minimum Gasteiger partial charge on any atom is -0.496 e. The summed E-state index contributed by atoms with van der Waals surface area (Å²) in [5.41, 5.74) is 7.27. The molecule has 0 aromatic heterocycles. The number of aromatic carboxylic acids is 1. The number of carbonyl (C=O) groups excluding carboxylic acids is 2. The van der Waals surface area contributed by atoms with Crippen LogP contribution in [0.1, 0.15) is 51.1 Å². The van der Waals surface area contributed by atoms with Crippen molar-refractivity contribution in [3.05, 3.63) is 118 Å². The van der Waals surface area contributed by atoms with Crippen LogP contribution in [-0.2, 0) is 11.2 Å². The molecule has 1 aliphatic rings. The Balaban J connectivity index is 0.00000442. The van der Waals surface area contributed by atoms with Crippen LogP contribution in [0.5, 0.6) is 5.75 Å². The molecule has 2 N–H and O–H groups in total. The highest BCUT2D eigenvalue weighted by Crippen LogP contribution is 2.35. The monoisotopic (exact) mass is 677 g/mol. The van der Waals surface area contributed by atoms with Gasteiger partial charge < -0.3 is 14.7 Å². The zero-order chi connectivity index (χ0) is 30.3. The lowest BCUT2D eigenvalue weighted by Crippen LogP contribution is -2.41. The fourth-order valence-electron chi connectivity index (χ4n) is 5.24. The van der Waals surface area contributed by atoms with Crippen LogP contribution >= 0.6 is 28.3 Å². The van der Waals surface area contributed by atoms with Crippen molar-refractivity contribution in [1.82, 2.24) is 5.43 Å². The van der Waals surface area contributed by atoms with Crippen LogP contribution in [0.15, 0.2) is 95.5 Å². The number of halogens is 2. The maximum absolute atomic E-state index is 13.6. The Bertz CT molecular complexity index is 1630. The number of carboxylic acids is 1. The van der Waals surface area contributed by atoms with Gasteiger partial charge in [-0.2, -0.15) is 0 Å². The maximum Gasteiger partial charge on any atom is 0.339 e. The lowest BCUT2D eigenvalue weighted by Gasteiger charge is -2.34. The van der Waals surface area contributed by atoms with Gasteiger partial charge in [0.15, 0.2) is 5.78 Å². The van der Waals surface area contributed by atoms with E-state index in [0.717, 1.165) is 37.3 Å². The van der Waals surface area contributed by atoms with Crippen LogP contribution in [-0.4, -0.2) is 43.0 Å². The van der Waals surface area contributed by atoms with Crippen LogP contribution in [0.2, 0.25) is 0 Å². The average molecular weight is 679 g/mol. The molecule has 1 heterocycles. The molecule has 0 saturated carbocycles. The second-order valence-corrected chi connectivity index (χ2v) is 11.1. The number of carbonyl (C=O) groups is 3. The lowest BCUT2D eigenvalue weighted by molar-refractivity contribution is -0.120. The van der Waals surface area contributed by atoms with Crippen molar-refractivity contribution in [2.45, 2.75) is 25.7 Å². The molecule has 1 fully saturated rings. The molecule has 5 rings (SSSR count). The van der Waals surface area contributed by atoms with Crippen molar-refractivity contribution < 1.29 is 24.2 Å². The zero-order valence-corrected chi connectivity index (χ0v) is 26.6. The van der Waals surface area contributed by atoms with E-state index in [1.54, 1.807) is 35.3 Å². The minimum absolute atomic E-state index is 0. The molecule has 1 aliphatic heterocycles. The number of hydrogen-bond donors (Lipinski definition) is 2. The fraction of sp³-hybridized carbons (Fsp3) is 0.206. The summed E-state index contributed by atoms with van der Waals surface area (Å²) < 4.78 is 5.76. The van der Waals surface area contributed by atoms with E-state index in [9.17, 15) is 19.5 Å². The van der Waals surface area contributed by atoms with Gasteiger partial charge in [-0.15, -0.1) is 12.4 Å². The van der Waals surface area contributed by atoms with E-state index >= 15 is 0 Å². The van der Waals surface area contributed by atoms with Gasteiger partial charge in [-0.05, 0) is 73.4 Å². The van der Waals surface area contributed by atoms with Gasteiger partial charge in [-0.1, -0.05) is 58.4 Å². The highest BCUT2D eigenvalue weighted by molar-refractivity contribution is 9.10. The molecule has 0 aliphatic carbocycles. The predicted octanol–water partition coefficient (Wildman–Crippen LogP) is 7.21. The number of para-hydroxylation sites is 2. The van der Waals surface area contributed by atoms with Crippen LogP contribution in [0.4, 0.5) is 17.1 Å². The standard InChI is InChI=1S/C34H32BrN3O5.ClH/c1-43-31-20-25(28(35)22-27(31)34(41)42)21-32(39)36-38(30-13-7-6-12-29(30)37-18-8-3-9-19-37)26-16-14-24(15-17-26)33(40)23-10-4-2-5-11-23;/h2,4-7,10-17,20,22H,3,8-9,18-19,21H2,1H3,(H,36,39)(H,41,42);1H. The third-order valence-corrected chi connectivity index (χ3v) is 8.17. The van der Waals surface area contributed by atoms with Gasteiger partial charge in [0.05, 0.1) is 30.6 Å². The van der Waals surface area contributed by atoms with E-state index in [1.807, 2.05) is 48.5 Å². The SMILES string of the molecule is COc1cc(CC(=O)NN(c2ccc(C(=O)c3ccccc3)cc2)c2ccccc2N2CCCCC2)c(Br)cc1C(=O)O.Cl. The maximum atomic E-state index is 13.6. The minimum atomic E-state index is -1.12. The number of carboxylic acid groups (broad SMARTS) is 1. The largest absolute Gasteiger partial charge is 0.496 e. The van der Waals surface area contributed by atoms with E-state index in [0.29, 0.717) is 26.9 Å². The smallest absolute Gasteiger partial charge is 0.339 e. The Morgan fingerprint density at radius 2 is 1.52 bits per heavy atom.